The lowest BCUT2D eigenvalue weighted by atomic mass is 10.1. The van der Waals surface area contributed by atoms with Crippen LogP contribution in [0.2, 0.25) is 0 Å². The number of aromatic nitrogens is 4. The molecular formula is C17H16N5O9PS. The number of imidazole rings is 1. The molecule has 5 atom stereocenters. The van der Waals surface area contributed by atoms with Crippen molar-refractivity contribution in [2.45, 2.75) is 34.6 Å². The average molecular weight is 497 g/mol. The zero-order valence-corrected chi connectivity index (χ0v) is 18.1. The Morgan fingerprint density at radius 2 is 2.09 bits per heavy atom. The summed E-state index contributed by atoms with van der Waals surface area (Å²) in [6.07, 6.45) is -4.86. The van der Waals surface area contributed by atoms with Crippen LogP contribution >= 0.6 is 19.6 Å². The largest absolute Gasteiger partial charge is 1.00 e. The third kappa shape index (κ3) is 3.93. The Morgan fingerprint density at radius 1 is 1.36 bits per heavy atom. The summed E-state index contributed by atoms with van der Waals surface area (Å²) < 4.78 is 28.4. The van der Waals surface area contributed by atoms with Crippen molar-refractivity contribution >= 4 is 42.7 Å². The maximum atomic E-state index is 12.4. The van der Waals surface area contributed by atoms with E-state index in [-0.39, 0.29) is 35.9 Å². The van der Waals surface area contributed by atoms with E-state index in [1.165, 1.54) is 16.7 Å². The predicted octanol–water partition coefficient (Wildman–Crippen LogP) is -0.194. The molecule has 0 amide bonds. The zero-order chi connectivity index (χ0) is 23.5. The van der Waals surface area contributed by atoms with Gasteiger partial charge in [-0.1, -0.05) is 11.8 Å². The normalized spacial score (nSPS) is 29.3. The summed E-state index contributed by atoms with van der Waals surface area (Å²) in [6, 6.07) is 5.88. The maximum absolute atomic E-state index is 12.4. The second-order valence-electron chi connectivity index (χ2n) is 7.19. The summed E-state index contributed by atoms with van der Waals surface area (Å²) in [6.45, 7) is -0.360. The molecule has 0 bridgehead atoms. The molecule has 174 valence electrons. The fraction of sp³-hybridized carbons (Fsp3) is 0.294. The van der Waals surface area contributed by atoms with E-state index in [0.29, 0.717) is 4.90 Å². The van der Waals surface area contributed by atoms with E-state index >= 15 is 0 Å². The minimum Gasteiger partial charge on any atom is -0.756 e. The third-order valence-electron chi connectivity index (χ3n) is 5.06. The number of benzene rings is 1. The predicted molar refractivity (Wildman–Crippen MR) is 110 cm³/mol. The van der Waals surface area contributed by atoms with Crippen molar-refractivity contribution in [1.82, 2.24) is 19.5 Å². The maximum Gasteiger partial charge on any atom is 1.00 e. The number of hydrogen-bond donors (Lipinski definition) is 4. The van der Waals surface area contributed by atoms with Crippen LogP contribution in [-0.2, 0) is 18.3 Å². The lowest BCUT2D eigenvalue weighted by Gasteiger charge is -2.34. The van der Waals surface area contributed by atoms with Crippen LogP contribution in [0.4, 0.5) is 5.95 Å². The van der Waals surface area contributed by atoms with Crippen molar-refractivity contribution in [1.29, 1.82) is 0 Å². The van der Waals surface area contributed by atoms with Gasteiger partial charge in [0.05, 0.1) is 12.2 Å². The van der Waals surface area contributed by atoms with Gasteiger partial charge in [0, 0.05) is 4.90 Å². The van der Waals surface area contributed by atoms with E-state index in [1.807, 2.05) is 0 Å². The quantitative estimate of drug-likeness (QED) is 0.344. The van der Waals surface area contributed by atoms with Crippen LogP contribution in [0.1, 0.15) is 18.0 Å². The van der Waals surface area contributed by atoms with Gasteiger partial charge in [-0.25, -0.2) is 9.78 Å². The molecule has 2 fully saturated rings. The number of rotatable bonds is 4. The Hall–Kier alpha value is -2.78. The van der Waals surface area contributed by atoms with Gasteiger partial charge < -0.3 is 34.6 Å². The number of H-pyrrole nitrogens is 1. The number of nitrogens with two attached hydrogens (primary N) is 1. The van der Waals surface area contributed by atoms with E-state index < -0.39 is 43.9 Å². The number of aliphatic hydroxyl groups excluding tert-OH is 1. The summed E-state index contributed by atoms with van der Waals surface area (Å²) >= 11 is 1.04. The summed E-state index contributed by atoms with van der Waals surface area (Å²) in [5.74, 6) is -1.29. The number of carbonyl (C=O) groups is 1. The van der Waals surface area contributed by atoms with Crippen LogP contribution < -0.4 is 16.2 Å². The number of ether oxygens (including phenoxy) is 1. The number of carboxylic acids is 1. The molecule has 3 unspecified atom stereocenters. The average Bonchev–Trinajstić information content (AvgIpc) is 3.25. The van der Waals surface area contributed by atoms with Crippen molar-refractivity contribution in [2.75, 3.05) is 12.3 Å². The first-order chi connectivity index (χ1) is 15.6. The molecule has 2 aliphatic rings. The van der Waals surface area contributed by atoms with Crippen molar-refractivity contribution < 1.29 is 39.7 Å². The number of fused-ring (bicyclic) bond motifs is 2. The summed E-state index contributed by atoms with van der Waals surface area (Å²) in [7, 11) is -4.60. The highest BCUT2D eigenvalue weighted by atomic mass is 32.2. The Balaban J connectivity index is 0.00000274. The number of nitrogen functional groups attached to an aromatic ring is 1. The Morgan fingerprint density at radius 3 is 2.79 bits per heavy atom. The van der Waals surface area contributed by atoms with E-state index in [2.05, 4.69) is 19.5 Å². The highest BCUT2D eigenvalue weighted by Crippen LogP contribution is 2.50. The van der Waals surface area contributed by atoms with E-state index in [4.69, 9.17) is 20.1 Å². The van der Waals surface area contributed by atoms with Crippen LogP contribution in [0.25, 0.3) is 11.2 Å². The first-order valence-corrected chi connectivity index (χ1v) is 11.7. The van der Waals surface area contributed by atoms with Gasteiger partial charge in [0.1, 0.15) is 18.3 Å². The molecule has 16 heteroatoms. The fourth-order valence-electron chi connectivity index (χ4n) is 3.59. The zero-order valence-electron chi connectivity index (χ0n) is 17.4. The molecule has 2 aliphatic heterocycles. The summed E-state index contributed by atoms with van der Waals surface area (Å²) in [5, 5.41) is 20.1. The van der Waals surface area contributed by atoms with E-state index in [9.17, 15) is 24.2 Å². The van der Waals surface area contributed by atoms with Crippen molar-refractivity contribution in [2.24, 2.45) is 0 Å². The standard InChI is InChI=1S/C17H16N5O9PS/c18-16-20-12-9(13(24)21-16)19-17(33-7-3-1-6(2-4-7)15(25)26)22(12)14-10(23)11-8(30-14)5-29-32(27,28)31-11/h1-4,8,10-11,14,23H,5H2,(H,25,26)(H,27,28)(H3,18,20,21,24)/t8?,10?,11-,14-/m1/s1. The lowest BCUT2D eigenvalue weighted by Crippen LogP contribution is -2.41. The number of phosphoric acid groups is 1. The van der Waals surface area contributed by atoms with Crippen LogP contribution in [0.3, 0.4) is 0 Å². The molecule has 0 radical (unpaired) electrons. The van der Waals surface area contributed by atoms with Gasteiger partial charge in [0.25, 0.3) is 13.4 Å². The van der Waals surface area contributed by atoms with Gasteiger partial charge >= 0.3 is 7.40 Å². The highest BCUT2D eigenvalue weighted by molar-refractivity contribution is 7.99. The molecule has 5 rings (SSSR count). The van der Waals surface area contributed by atoms with Gasteiger partial charge in [0.2, 0.25) is 5.95 Å². The van der Waals surface area contributed by atoms with Gasteiger partial charge in [-0.15, -0.1) is 0 Å². The second kappa shape index (κ2) is 7.92. The number of nitrogens with one attached hydrogen (secondary N) is 1. The van der Waals surface area contributed by atoms with Crippen molar-refractivity contribution in [3.8, 4) is 0 Å². The molecule has 3 aromatic rings. The highest BCUT2D eigenvalue weighted by Gasteiger charge is 2.51. The molecule has 2 saturated heterocycles. The fourth-order valence-corrected chi connectivity index (χ4v) is 5.45. The Bertz CT molecular complexity index is 1370. The number of hydrogen-bond acceptors (Lipinski definition) is 12. The molecule has 4 heterocycles. The number of nitrogens with zero attached hydrogens (tertiary/aromatic N) is 3. The number of aromatic carboxylic acids is 1. The lowest BCUT2D eigenvalue weighted by molar-refractivity contribution is -0.245. The molecular weight excluding hydrogens is 481 g/mol. The van der Waals surface area contributed by atoms with E-state index in [0.717, 1.165) is 11.8 Å². The monoisotopic (exact) mass is 497 g/mol. The SMILES string of the molecule is Nc1nc2c(nc(Sc3ccc(C(=O)O)cc3)n2[C@@H]2OC3COP(=O)([O-])O[C@H]3C2O)c(=O)[nH]1.[H+]. The van der Waals surface area contributed by atoms with E-state index in [1.54, 1.807) is 12.1 Å². The summed E-state index contributed by atoms with van der Waals surface area (Å²) in [4.78, 5) is 46.5. The molecule has 0 aliphatic carbocycles. The van der Waals surface area contributed by atoms with Crippen molar-refractivity contribution in [3.63, 3.8) is 0 Å². The van der Waals surface area contributed by atoms with Gasteiger partial charge in [-0.3, -0.25) is 18.9 Å². The molecule has 0 spiro atoms. The number of phosphoric ester groups is 1. The first kappa shape index (κ1) is 22.0. The molecule has 1 aromatic carbocycles. The molecule has 33 heavy (non-hydrogen) atoms. The van der Waals surface area contributed by atoms with Crippen LogP contribution in [0.15, 0.2) is 39.1 Å². The van der Waals surface area contributed by atoms with Gasteiger partial charge in [0.15, 0.2) is 22.5 Å². The smallest absolute Gasteiger partial charge is 0.756 e. The number of aliphatic hydroxyl groups is 1. The van der Waals surface area contributed by atoms with Gasteiger partial charge in [-0.05, 0) is 24.3 Å². The molecule has 2 aromatic heterocycles. The minimum atomic E-state index is -4.60. The number of aromatic amines is 1. The number of anilines is 1. The van der Waals surface area contributed by atoms with Gasteiger partial charge in [-0.2, -0.15) is 4.98 Å². The van der Waals surface area contributed by atoms with Crippen LogP contribution in [-0.4, -0.2) is 60.6 Å². The van der Waals surface area contributed by atoms with Crippen LogP contribution in [0.5, 0.6) is 0 Å². The minimum absolute atomic E-state index is 0. The third-order valence-corrected chi connectivity index (χ3v) is 7.00. The van der Waals surface area contributed by atoms with Crippen molar-refractivity contribution in [3.05, 3.63) is 40.2 Å². The molecule has 0 saturated carbocycles. The summed E-state index contributed by atoms with van der Waals surface area (Å²) in [5.41, 5.74) is 5.04. The number of carboxylic acid groups (broad SMARTS) is 1. The topological polar surface area (TPSA) is 215 Å². The Kier molecular flexibility index (Phi) is 5.29. The second-order valence-corrected chi connectivity index (χ2v) is 9.59. The molecule has 14 nitrogen and oxygen atoms in total. The Labute approximate surface area is 189 Å². The molecule has 5 N–H and O–H groups in total. The first-order valence-electron chi connectivity index (χ1n) is 9.39. The van der Waals surface area contributed by atoms with Crippen LogP contribution in [0, 0.1) is 0 Å².